The first-order chi connectivity index (χ1) is 8.88. The third-order valence-electron chi connectivity index (χ3n) is 4.34. The third-order valence-corrected chi connectivity index (χ3v) is 4.34. The van der Waals surface area contributed by atoms with Crippen LogP contribution in [-0.2, 0) is 11.0 Å². The van der Waals surface area contributed by atoms with Crippen molar-refractivity contribution >= 4 is 0 Å². The van der Waals surface area contributed by atoms with Crippen molar-refractivity contribution in [3.63, 3.8) is 0 Å². The highest BCUT2D eigenvalue weighted by Gasteiger charge is 2.36. The van der Waals surface area contributed by atoms with Crippen molar-refractivity contribution < 1.29 is 4.52 Å². The van der Waals surface area contributed by atoms with E-state index in [1.54, 1.807) is 0 Å². The SMILES string of the molecule is CCC(C)(C)c1nc(C(C)(C)N2CCNCC2)no1. The molecule has 0 aliphatic carbocycles. The normalized spacial score (nSPS) is 18.8. The fourth-order valence-electron chi connectivity index (χ4n) is 2.26. The number of hydrogen-bond donors (Lipinski definition) is 1. The first kappa shape index (κ1) is 14.5. The van der Waals surface area contributed by atoms with Crippen LogP contribution < -0.4 is 5.32 Å². The lowest BCUT2D eigenvalue weighted by Crippen LogP contribution is -2.52. The Morgan fingerprint density at radius 3 is 2.42 bits per heavy atom. The lowest BCUT2D eigenvalue weighted by Gasteiger charge is -2.38. The highest BCUT2D eigenvalue weighted by Crippen LogP contribution is 2.30. The van der Waals surface area contributed by atoms with E-state index in [9.17, 15) is 0 Å². The second kappa shape index (κ2) is 5.21. The number of rotatable bonds is 4. The summed E-state index contributed by atoms with van der Waals surface area (Å²) in [5.41, 5.74) is -0.224. The third kappa shape index (κ3) is 2.82. The van der Waals surface area contributed by atoms with Crippen LogP contribution in [0.2, 0.25) is 0 Å². The van der Waals surface area contributed by atoms with Gasteiger partial charge < -0.3 is 9.84 Å². The first-order valence-electron chi connectivity index (χ1n) is 7.18. The van der Waals surface area contributed by atoms with Gasteiger partial charge in [-0.25, -0.2) is 0 Å². The molecule has 108 valence electrons. The Labute approximate surface area is 115 Å². The van der Waals surface area contributed by atoms with E-state index < -0.39 is 0 Å². The van der Waals surface area contributed by atoms with E-state index in [2.05, 4.69) is 55.0 Å². The van der Waals surface area contributed by atoms with Crippen molar-refractivity contribution in [1.82, 2.24) is 20.4 Å². The minimum absolute atomic E-state index is 0.0508. The maximum absolute atomic E-state index is 5.49. The fraction of sp³-hybridized carbons (Fsp3) is 0.857. The lowest BCUT2D eigenvalue weighted by atomic mass is 9.90. The molecule has 1 aliphatic rings. The van der Waals surface area contributed by atoms with Gasteiger partial charge in [0.05, 0.1) is 5.54 Å². The molecular weight excluding hydrogens is 240 g/mol. The van der Waals surface area contributed by atoms with Gasteiger partial charge in [-0.15, -0.1) is 0 Å². The molecule has 0 atom stereocenters. The Bertz CT molecular complexity index is 419. The maximum Gasteiger partial charge on any atom is 0.232 e. The monoisotopic (exact) mass is 266 g/mol. The van der Waals surface area contributed by atoms with Gasteiger partial charge >= 0.3 is 0 Å². The Balaban J connectivity index is 2.21. The molecular formula is C14H26N4O. The zero-order valence-electron chi connectivity index (χ0n) is 12.8. The zero-order chi connectivity index (χ0) is 14.1. The maximum atomic E-state index is 5.49. The summed E-state index contributed by atoms with van der Waals surface area (Å²) in [7, 11) is 0. The van der Waals surface area contributed by atoms with Crippen LogP contribution in [-0.4, -0.2) is 41.2 Å². The Morgan fingerprint density at radius 2 is 1.84 bits per heavy atom. The highest BCUT2D eigenvalue weighted by molar-refractivity contribution is 5.07. The molecule has 0 saturated carbocycles. The van der Waals surface area contributed by atoms with Gasteiger partial charge in [0.2, 0.25) is 5.89 Å². The van der Waals surface area contributed by atoms with Crippen LogP contribution in [0.1, 0.15) is 52.8 Å². The smallest absolute Gasteiger partial charge is 0.232 e. The van der Waals surface area contributed by atoms with Crippen LogP contribution in [0.4, 0.5) is 0 Å². The molecule has 1 aromatic heterocycles. The molecule has 1 N–H and O–H groups in total. The molecule has 0 spiro atoms. The van der Waals surface area contributed by atoms with Crippen molar-refractivity contribution in [2.75, 3.05) is 26.2 Å². The predicted molar refractivity (Wildman–Crippen MR) is 75.1 cm³/mol. The molecule has 0 radical (unpaired) electrons. The summed E-state index contributed by atoms with van der Waals surface area (Å²) in [5, 5.41) is 7.60. The van der Waals surface area contributed by atoms with E-state index in [4.69, 9.17) is 4.52 Å². The Hall–Kier alpha value is -0.940. The first-order valence-corrected chi connectivity index (χ1v) is 7.18. The van der Waals surface area contributed by atoms with Gasteiger partial charge in [0.15, 0.2) is 5.82 Å². The summed E-state index contributed by atoms with van der Waals surface area (Å²) in [5.74, 6) is 1.54. The summed E-state index contributed by atoms with van der Waals surface area (Å²) in [6, 6.07) is 0. The predicted octanol–water partition coefficient (Wildman–Crippen LogP) is 1.90. The second-order valence-electron chi connectivity index (χ2n) is 6.46. The van der Waals surface area contributed by atoms with Gasteiger partial charge in [0.1, 0.15) is 0 Å². The quantitative estimate of drug-likeness (QED) is 0.902. The average molecular weight is 266 g/mol. The van der Waals surface area contributed by atoms with Gasteiger partial charge in [-0.3, -0.25) is 4.90 Å². The van der Waals surface area contributed by atoms with Crippen LogP contribution in [0.3, 0.4) is 0 Å². The number of hydrogen-bond acceptors (Lipinski definition) is 5. The van der Waals surface area contributed by atoms with Gasteiger partial charge in [0, 0.05) is 31.6 Å². The molecule has 1 aromatic rings. The van der Waals surface area contributed by atoms with Crippen molar-refractivity contribution in [1.29, 1.82) is 0 Å². The van der Waals surface area contributed by atoms with Crippen LogP contribution in [0, 0.1) is 0 Å². The van der Waals surface area contributed by atoms with Crippen LogP contribution in [0.25, 0.3) is 0 Å². The number of aromatic nitrogens is 2. The molecule has 19 heavy (non-hydrogen) atoms. The second-order valence-corrected chi connectivity index (χ2v) is 6.46. The summed E-state index contributed by atoms with van der Waals surface area (Å²) < 4.78 is 5.49. The van der Waals surface area contributed by atoms with Crippen LogP contribution in [0.5, 0.6) is 0 Å². The summed E-state index contributed by atoms with van der Waals surface area (Å²) in [6.45, 7) is 14.9. The molecule has 2 rings (SSSR count). The summed E-state index contributed by atoms with van der Waals surface area (Å²) in [6.07, 6.45) is 0.989. The molecule has 1 aliphatic heterocycles. The van der Waals surface area contributed by atoms with Crippen LogP contribution >= 0.6 is 0 Å². The summed E-state index contributed by atoms with van der Waals surface area (Å²) in [4.78, 5) is 7.07. The van der Waals surface area contributed by atoms with Crippen molar-refractivity contribution in [3.05, 3.63) is 11.7 Å². The number of nitrogens with zero attached hydrogens (tertiary/aromatic N) is 3. The van der Waals surface area contributed by atoms with Crippen molar-refractivity contribution in [2.24, 2.45) is 0 Å². The molecule has 5 heteroatoms. The molecule has 5 nitrogen and oxygen atoms in total. The minimum Gasteiger partial charge on any atom is -0.339 e. The molecule has 1 fully saturated rings. The van der Waals surface area contributed by atoms with E-state index in [0.29, 0.717) is 0 Å². The van der Waals surface area contributed by atoms with Crippen molar-refractivity contribution in [2.45, 2.75) is 52.0 Å². The van der Waals surface area contributed by atoms with Gasteiger partial charge in [0.25, 0.3) is 0 Å². The molecule has 0 amide bonds. The summed E-state index contributed by atoms with van der Waals surface area (Å²) >= 11 is 0. The minimum atomic E-state index is -0.173. The molecule has 2 heterocycles. The zero-order valence-corrected chi connectivity index (χ0v) is 12.8. The van der Waals surface area contributed by atoms with Crippen LogP contribution in [0.15, 0.2) is 4.52 Å². The molecule has 0 bridgehead atoms. The van der Waals surface area contributed by atoms with E-state index in [-0.39, 0.29) is 11.0 Å². The van der Waals surface area contributed by atoms with Crippen molar-refractivity contribution in [3.8, 4) is 0 Å². The van der Waals surface area contributed by atoms with Gasteiger partial charge in [-0.1, -0.05) is 25.9 Å². The Morgan fingerprint density at radius 1 is 1.21 bits per heavy atom. The Kier molecular flexibility index (Phi) is 3.97. The van der Waals surface area contributed by atoms with E-state index >= 15 is 0 Å². The highest BCUT2D eigenvalue weighted by atomic mass is 16.5. The fourth-order valence-corrected chi connectivity index (χ4v) is 2.26. The average Bonchev–Trinajstić information content (AvgIpc) is 2.91. The van der Waals surface area contributed by atoms with E-state index in [0.717, 1.165) is 44.3 Å². The van der Waals surface area contributed by atoms with Gasteiger partial charge in [-0.05, 0) is 20.3 Å². The van der Waals surface area contributed by atoms with Gasteiger partial charge in [-0.2, -0.15) is 4.98 Å². The van der Waals surface area contributed by atoms with E-state index in [1.807, 2.05) is 0 Å². The number of nitrogens with one attached hydrogen (secondary N) is 1. The topological polar surface area (TPSA) is 54.2 Å². The molecule has 0 aromatic carbocycles. The largest absolute Gasteiger partial charge is 0.339 e. The standard InChI is InChI=1S/C14H26N4O/c1-6-13(2,3)12-16-11(17-19-12)14(4,5)18-9-7-15-8-10-18/h15H,6-10H2,1-5H3. The lowest BCUT2D eigenvalue weighted by molar-refractivity contribution is 0.0924. The molecule has 1 saturated heterocycles. The van der Waals surface area contributed by atoms with E-state index in [1.165, 1.54) is 0 Å². The molecule has 0 unspecified atom stereocenters. The number of piperazine rings is 1.